The normalized spacial score (nSPS) is 10.7. The Morgan fingerprint density at radius 1 is 1.12 bits per heavy atom. The summed E-state index contributed by atoms with van der Waals surface area (Å²) in [5.74, 6) is -1.46. The van der Waals surface area contributed by atoms with Gasteiger partial charge in [-0.2, -0.15) is 0 Å². The minimum absolute atomic E-state index is 0.0632. The molecule has 0 saturated carbocycles. The van der Waals surface area contributed by atoms with Gasteiger partial charge in [-0.1, -0.05) is 36.9 Å². The molecule has 0 unspecified atom stereocenters. The number of anilines is 1. The lowest BCUT2D eigenvalue weighted by molar-refractivity contribution is -0.113. The Morgan fingerprint density at radius 2 is 1.88 bits per heavy atom. The van der Waals surface area contributed by atoms with Crippen molar-refractivity contribution in [1.82, 2.24) is 14.8 Å². The van der Waals surface area contributed by atoms with Gasteiger partial charge in [0.05, 0.1) is 5.75 Å². The number of nitrogens with zero attached hydrogens (tertiary/aromatic N) is 3. The molecule has 2 aromatic carbocycles. The van der Waals surface area contributed by atoms with E-state index in [2.05, 4.69) is 15.5 Å². The number of aryl methyl sites for hydroxylation is 1. The summed E-state index contributed by atoms with van der Waals surface area (Å²) < 4.78 is 28.0. The van der Waals surface area contributed by atoms with Crippen LogP contribution < -0.4 is 5.32 Å². The van der Waals surface area contributed by atoms with Crippen LogP contribution >= 0.6 is 11.8 Å². The number of para-hydroxylation sites is 1. The number of aromatic nitrogens is 3. The third kappa shape index (κ3) is 4.08. The predicted molar refractivity (Wildman–Crippen MR) is 96.4 cm³/mol. The minimum atomic E-state index is -1.01. The molecule has 0 saturated heterocycles. The fraction of sp³-hybridized carbons (Fsp3) is 0.167. The molecule has 0 aliphatic heterocycles. The number of rotatable bonds is 6. The summed E-state index contributed by atoms with van der Waals surface area (Å²) in [5, 5.41) is 11.4. The molecule has 1 aromatic heterocycles. The molecule has 5 nitrogen and oxygen atoms in total. The Hall–Kier alpha value is -2.74. The second-order valence-electron chi connectivity index (χ2n) is 5.39. The molecule has 0 aliphatic carbocycles. The number of hydrogen-bond donors (Lipinski definition) is 1. The highest BCUT2D eigenvalue weighted by molar-refractivity contribution is 7.99. The molecule has 134 valence electrons. The Morgan fingerprint density at radius 3 is 2.58 bits per heavy atom. The van der Waals surface area contributed by atoms with E-state index in [1.807, 2.05) is 41.8 Å². The average molecular weight is 374 g/mol. The van der Waals surface area contributed by atoms with Crippen molar-refractivity contribution < 1.29 is 13.6 Å². The maximum absolute atomic E-state index is 13.2. The van der Waals surface area contributed by atoms with Crippen molar-refractivity contribution in [3.63, 3.8) is 0 Å². The monoisotopic (exact) mass is 374 g/mol. The molecule has 3 aromatic rings. The van der Waals surface area contributed by atoms with Crippen LogP contribution in [0.5, 0.6) is 0 Å². The average Bonchev–Trinajstić information content (AvgIpc) is 3.07. The lowest BCUT2D eigenvalue weighted by Crippen LogP contribution is -2.15. The molecule has 1 amide bonds. The minimum Gasteiger partial charge on any atom is -0.325 e. The van der Waals surface area contributed by atoms with E-state index in [0.29, 0.717) is 11.6 Å². The van der Waals surface area contributed by atoms with E-state index in [0.717, 1.165) is 23.6 Å². The zero-order valence-electron chi connectivity index (χ0n) is 13.9. The van der Waals surface area contributed by atoms with E-state index in [4.69, 9.17) is 0 Å². The van der Waals surface area contributed by atoms with Gasteiger partial charge >= 0.3 is 0 Å². The van der Waals surface area contributed by atoms with Crippen molar-refractivity contribution in [1.29, 1.82) is 0 Å². The maximum Gasteiger partial charge on any atom is 0.234 e. The van der Waals surface area contributed by atoms with Crippen LogP contribution in [0.15, 0.2) is 53.7 Å². The summed E-state index contributed by atoms with van der Waals surface area (Å²) in [5.41, 5.74) is 1.12. The van der Waals surface area contributed by atoms with Crippen LogP contribution in [0.25, 0.3) is 5.69 Å². The fourth-order valence-electron chi connectivity index (χ4n) is 2.36. The van der Waals surface area contributed by atoms with E-state index < -0.39 is 11.6 Å². The van der Waals surface area contributed by atoms with Gasteiger partial charge in [-0.25, -0.2) is 8.78 Å². The molecule has 3 rings (SSSR count). The number of carbonyl (C=O) groups excluding carboxylic acids is 1. The molecule has 0 spiro atoms. The Kier molecular flexibility index (Phi) is 5.62. The smallest absolute Gasteiger partial charge is 0.234 e. The van der Waals surface area contributed by atoms with Gasteiger partial charge in [0.1, 0.15) is 5.82 Å². The second-order valence-corrected chi connectivity index (χ2v) is 6.33. The summed E-state index contributed by atoms with van der Waals surface area (Å²) in [6, 6.07) is 12.8. The van der Waals surface area contributed by atoms with Crippen LogP contribution in [-0.4, -0.2) is 26.4 Å². The standard InChI is InChI=1S/C18H16F2N4OS/c1-2-16-22-23-18(24(16)13-6-4-3-5-7-13)26-11-17(25)21-12-8-9-14(19)15(20)10-12/h3-10H,2,11H2,1H3,(H,21,25). The van der Waals surface area contributed by atoms with Crippen molar-refractivity contribution in [2.75, 3.05) is 11.1 Å². The molecule has 0 radical (unpaired) electrons. The maximum atomic E-state index is 13.2. The lowest BCUT2D eigenvalue weighted by Gasteiger charge is -2.09. The quantitative estimate of drug-likeness (QED) is 0.666. The molecule has 0 fully saturated rings. The summed E-state index contributed by atoms with van der Waals surface area (Å²) in [6.07, 6.45) is 0.698. The summed E-state index contributed by atoms with van der Waals surface area (Å²) in [4.78, 5) is 12.1. The first kappa shape index (κ1) is 18.1. The Bertz CT molecular complexity index is 915. The van der Waals surface area contributed by atoms with Crippen molar-refractivity contribution in [2.45, 2.75) is 18.5 Å². The van der Waals surface area contributed by atoms with Gasteiger partial charge in [0.15, 0.2) is 16.8 Å². The highest BCUT2D eigenvalue weighted by atomic mass is 32.2. The number of carbonyl (C=O) groups is 1. The third-order valence-electron chi connectivity index (χ3n) is 3.57. The molecule has 0 aliphatic rings. The molecule has 1 heterocycles. The Labute approximate surface area is 153 Å². The molecular formula is C18H16F2N4OS. The van der Waals surface area contributed by atoms with E-state index in [1.165, 1.54) is 17.8 Å². The van der Waals surface area contributed by atoms with E-state index in [-0.39, 0.29) is 17.3 Å². The van der Waals surface area contributed by atoms with Crippen molar-refractivity contribution >= 4 is 23.4 Å². The third-order valence-corrected chi connectivity index (χ3v) is 4.50. The van der Waals surface area contributed by atoms with Gasteiger partial charge in [0.2, 0.25) is 5.91 Å². The second kappa shape index (κ2) is 8.09. The van der Waals surface area contributed by atoms with Crippen molar-refractivity contribution in [3.05, 3.63) is 66.0 Å². The topological polar surface area (TPSA) is 59.8 Å². The summed E-state index contributed by atoms with van der Waals surface area (Å²) >= 11 is 1.22. The summed E-state index contributed by atoms with van der Waals surface area (Å²) in [7, 11) is 0. The first-order valence-electron chi connectivity index (χ1n) is 7.96. The van der Waals surface area contributed by atoms with Crippen LogP contribution in [0.2, 0.25) is 0 Å². The van der Waals surface area contributed by atoms with Crippen LogP contribution in [0.4, 0.5) is 14.5 Å². The first-order chi connectivity index (χ1) is 12.6. The van der Waals surface area contributed by atoms with Gasteiger partial charge in [0, 0.05) is 23.9 Å². The van der Waals surface area contributed by atoms with Gasteiger partial charge in [-0.3, -0.25) is 9.36 Å². The fourth-order valence-corrected chi connectivity index (χ4v) is 3.13. The van der Waals surface area contributed by atoms with Gasteiger partial charge in [-0.15, -0.1) is 10.2 Å². The number of nitrogens with one attached hydrogen (secondary N) is 1. The highest BCUT2D eigenvalue weighted by Crippen LogP contribution is 2.22. The molecule has 0 bridgehead atoms. The van der Waals surface area contributed by atoms with Crippen molar-refractivity contribution in [3.8, 4) is 5.69 Å². The van der Waals surface area contributed by atoms with E-state index >= 15 is 0 Å². The number of halogens is 2. The molecule has 0 atom stereocenters. The van der Waals surface area contributed by atoms with Gasteiger partial charge in [-0.05, 0) is 24.3 Å². The van der Waals surface area contributed by atoms with Crippen LogP contribution in [-0.2, 0) is 11.2 Å². The van der Waals surface area contributed by atoms with E-state index in [1.54, 1.807) is 0 Å². The SMILES string of the molecule is CCc1nnc(SCC(=O)Nc2ccc(F)c(F)c2)n1-c1ccccc1. The molecular weight excluding hydrogens is 358 g/mol. The zero-order chi connectivity index (χ0) is 18.5. The first-order valence-corrected chi connectivity index (χ1v) is 8.94. The number of thioether (sulfide) groups is 1. The highest BCUT2D eigenvalue weighted by Gasteiger charge is 2.15. The molecule has 1 N–H and O–H groups in total. The number of benzene rings is 2. The summed E-state index contributed by atoms with van der Waals surface area (Å²) in [6.45, 7) is 1.98. The van der Waals surface area contributed by atoms with Crippen molar-refractivity contribution in [2.24, 2.45) is 0 Å². The Balaban J connectivity index is 1.70. The number of amides is 1. The van der Waals surface area contributed by atoms with Crippen LogP contribution in [0.3, 0.4) is 0 Å². The van der Waals surface area contributed by atoms with E-state index in [9.17, 15) is 13.6 Å². The van der Waals surface area contributed by atoms with Crippen LogP contribution in [0, 0.1) is 11.6 Å². The predicted octanol–water partition coefficient (Wildman–Crippen LogP) is 3.84. The number of hydrogen-bond acceptors (Lipinski definition) is 4. The zero-order valence-corrected chi connectivity index (χ0v) is 14.8. The lowest BCUT2D eigenvalue weighted by atomic mass is 10.3. The van der Waals surface area contributed by atoms with Gasteiger partial charge in [0.25, 0.3) is 0 Å². The van der Waals surface area contributed by atoms with Gasteiger partial charge < -0.3 is 5.32 Å². The largest absolute Gasteiger partial charge is 0.325 e. The van der Waals surface area contributed by atoms with Crippen LogP contribution in [0.1, 0.15) is 12.7 Å². The molecule has 26 heavy (non-hydrogen) atoms. The molecule has 8 heteroatoms.